The molecular weight excluding hydrogens is 222 g/mol. The van der Waals surface area contributed by atoms with Crippen molar-refractivity contribution in [3.05, 3.63) is 15.6 Å². The number of hydrogen-bond donors (Lipinski definition) is 0. The van der Waals surface area contributed by atoms with Gasteiger partial charge < -0.3 is 0 Å². The minimum atomic E-state index is 0.952. The number of rotatable bonds is 3. The maximum absolute atomic E-state index is 4.51. The van der Waals surface area contributed by atoms with E-state index < -0.39 is 0 Å². The lowest BCUT2D eigenvalue weighted by atomic mass is 10.3. The lowest BCUT2D eigenvalue weighted by Gasteiger charge is -1.90. The van der Waals surface area contributed by atoms with E-state index in [9.17, 15) is 0 Å². The highest BCUT2D eigenvalue weighted by Crippen LogP contribution is 2.21. The van der Waals surface area contributed by atoms with Crippen molar-refractivity contribution in [2.75, 3.05) is 0 Å². The van der Waals surface area contributed by atoms with Crippen molar-refractivity contribution >= 4 is 27.3 Å². The van der Waals surface area contributed by atoms with E-state index in [0.717, 1.165) is 18.2 Å². The normalized spacial score (nSPS) is 10.5. The van der Waals surface area contributed by atoms with E-state index in [0.29, 0.717) is 0 Å². The van der Waals surface area contributed by atoms with Gasteiger partial charge >= 0.3 is 0 Å². The molecule has 0 unspecified atom stereocenters. The van der Waals surface area contributed by atoms with Gasteiger partial charge in [0.1, 0.15) is 0 Å². The molecule has 0 amide bonds. The van der Waals surface area contributed by atoms with Crippen molar-refractivity contribution in [1.29, 1.82) is 0 Å². The molecule has 0 aliphatic carbocycles. The fourth-order valence-electron chi connectivity index (χ4n) is 0.969. The highest BCUT2D eigenvalue weighted by Gasteiger charge is 2.05. The average Bonchev–Trinajstić information content (AvgIpc) is 2.46. The van der Waals surface area contributed by atoms with E-state index >= 15 is 0 Å². The Morgan fingerprint density at radius 2 is 2.09 bits per heavy atom. The van der Waals surface area contributed by atoms with Crippen molar-refractivity contribution in [3.63, 3.8) is 0 Å². The van der Waals surface area contributed by atoms with Crippen LogP contribution in [0.1, 0.15) is 29.4 Å². The molecule has 0 atom stereocenters. The van der Waals surface area contributed by atoms with Crippen molar-refractivity contribution in [3.8, 4) is 0 Å². The molecule has 0 aliphatic rings. The minimum Gasteiger partial charge on any atom is -0.246 e. The fourth-order valence-corrected chi connectivity index (χ4v) is 2.58. The molecule has 0 radical (unpaired) electrons. The van der Waals surface area contributed by atoms with Gasteiger partial charge in [-0.3, -0.25) is 0 Å². The van der Waals surface area contributed by atoms with Gasteiger partial charge in [0.15, 0.2) is 0 Å². The van der Waals surface area contributed by atoms with Crippen molar-refractivity contribution in [1.82, 2.24) is 4.98 Å². The van der Waals surface area contributed by atoms with Crippen LogP contribution in [-0.2, 0) is 18.2 Å². The van der Waals surface area contributed by atoms with Crippen LogP contribution in [-0.4, -0.2) is 4.98 Å². The van der Waals surface area contributed by atoms with Crippen molar-refractivity contribution < 1.29 is 0 Å². The highest BCUT2D eigenvalue weighted by molar-refractivity contribution is 9.08. The number of thiazole rings is 1. The van der Waals surface area contributed by atoms with Crippen LogP contribution in [0.3, 0.4) is 0 Å². The first kappa shape index (κ1) is 9.20. The van der Waals surface area contributed by atoms with Crippen LogP contribution in [0.5, 0.6) is 0 Å². The summed E-state index contributed by atoms with van der Waals surface area (Å²) in [6.45, 7) is 4.30. The van der Waals surface area contributed by atoms with E-state index in [1.165, 1.54) is 15.6 Å². The van der Waals surface area contributed by atoms with Gasteiger partial charge in [-0.2, -0.15) is 0 Å². The minimum absolute atomic E-state index is 0.952. The van der Waals surface area contributed by atoms with Gasteiger partial charge in [0.2, 0.25) is 0 Å². The van der Waals surface area contributed by atoms with Crippen LogP contribution < -0.4 is 0 Å². The molecule has 11 heavy (non-hydrogen) atoms. The molecule has 0 N–H and O–H groups in total. The summed E-state index contributed by atoms with van der Waals surface area (Å²) in [6.07, 6.45) is 2.11. The van der Waals surface area contributed by atoms with Gasteiger partial charge in [-0.1, -0.05) is 29.8 Å². The van der Waals surface area contributed by atoms with Gasteiger partial charge in [0.25, 0.3) is 0 Å². The van der Waals surface area contributed by atoms with E-state index in [1.54, 1.807) is 0 Å². The average molecular weight is 234 g/mol. The molecule has 1 heterocycles. The van der Waals surface area contributed by atoms with Crippen LogP contribution in [0.4, 0.5) is 0 Å². The van der Waals surface area contributed by atoms with Gasteiger partial charge in [-0.25, -0.2) is 4.98 Å². The molecule has 0 spiro atoms. The van der Waals surface area contributed by atoms with Crippen LogP contribution in [0, 0.1) is 0 Å². The second kappa shape index (κ2) is 4.21. The summed E-state index contributed by atoms with van der Waals surface area (Å²) in [7, 11) is 0. The van der Waals surface area contributed by atoms with E-state index in [-0.39, 0.29) is 0 Å². The van der Waals surface area contributed by atoms with Crippen LogP contribution in [0.25, 0.3) is 0 Å². The lowest BCUT2D eigenvalue weighted by molar-refractivity contribution is 0.991. The summed E-state index contributed by atoms with van der Waals surface area (Å²) in [5.74, 6) is 0. The Labute approximate surface area is 80.0 Å². The summed E-state index contributed by atoms with van der Waals surface area (Å²) < 4.78 is 0. The topological polar surface area (TPSA) is 12.9 Å². The molecule has 0 aliphatic heterocycles. The number of hydrogen-bond acceptors (Lipinski definition) is 2. The van der Waals surface area contributed by atoms with E-state index in [1.807, 2.05) is 11.3 Å². The van der Waals surface area contributed by atoms with E-state index in [4.69, 9.17) is 0 Å². The van der Waals surface area contributed by atoms with Gasteiger partial charge in [-0.15, -0.1) is 11.3 Å². The molecule has 0 saturated carbocycles. The largest absolute Gasteiger partial charge is 0.246 e. The Morgan fingerprint density at radius 3 is 2.45 bits per heavy atom. The molecule has 0 saturated heterocycles. The molecule has 1 rings (SSSR count). The van der Waals surface area contributed by atoms with Crippen LogP contribution in [0.2, 0.25) is 0 Å². The Bertz CT molecular complexity index is 210. The molecule has 3 heteroatoms. The monoisotopic (exact) mass is 233 g/mol. The highest BCUT2D eigenvalue weighted by atomic mass is 79.9. The predicted molar refractivity (Wildman–Crippen MR) is 53.5 cm³/mol. The number of aromatic nitrogens is 1. The Kier molecular flexibility index (Phi) is 3.52. The molecule has 0 bridgehead atoms. The fraction of sp³-hybridized carbons (Fsp3) is 0.625. The Hall–Kier alpha value is 0.110. The van der Waals surface area contributed by atoms with Crippen molar-refractivity contribution in [2.45, 2.75) is 32.0 Å². The SMILES string of the molecule is CCc1nc(CC)c(CBr)s1. The smallest absolute Gasteiger partial charge is 0.0928 e. The van der Waals surface area contributed by atoms with Crippen LogP contribution in [0.15, 0.2) is 0 Å². The second-order valence-electron chi connectivity index (χ2n) is 2.32. The molecule has 1 aromatic heterocycles. The summed E-state index contributed by atoms with van der Waals surface area (Å²) in [4.78, 5) is 5.90. The number of halogens is 1. The predicted octanol–water partition coefficient (Wildman–Crippen LogP) is 3.16. The zero-order valence-electron chi connectivity index (χ0n) is 6.85. The van der Waals surface area contributed by atoms with Crippen molar-refractivity contribution in [2.24, 2.45) is 0 Å². The Morgan fingerprint density at radius 1 is 1.36 bits per heavy atom. The van der Waals surface area contributed by atoms with Crippen LogP contribution >= 0.6 is 27.3 Å². The molecule has 62 valence electrons. The third-order valence-electron chi connectivity index (χ3n) is 1.58. The number of nitrogens with zero attached hydrogens (tertiary/aromatic N) is 1. The van der Waals surface area contributed by atoms with E-state index in [2.05, 4.69) is 34.8 Å². The standard InChI is InChI=1S/C8H12BrNS/c1-3-6-7(5-9)11-8(4-2)10-6/h3-5H2,1-2H3. The zero-order chi connectivity index (χ0) is 8.27. The first-order chi connectivity index (χ1) is 5.31. The Balaban J connectivity index is 2.92. The molecule has 0 aromatic carbocycles. The third kappa shape index (κ3) is 2.03. The summed E-state index contributed by atoms with van der Waals surface area (Å²) in [6, 6.07) is 0. The first-order valence-electron chi connectivity index (χ1n) is 3.85. The number of aryl methyl sites for hydroxylation is 2. The molecule has 1 aromatic rings. The maximum Gasteiger partial charge on any atom is 0.0928 e. The van der Waals surface area contributed by atoms with Gasteiger partial charge in [0, 0.05) is 10.2 Å². The maximum atomic E-state index is 4.51. The second-order valence-corrected chi connectivity index (χ2v) is 4.05. The lowest BCUT2D eigenvalue weighted by Crippen LogP contribution is -1.85. The quantitative estimate of drug-likeness (QED) is 0.732. The zero-order valence-corrected chi connectivity index (χ0v) is 9.26. The molecule has 0 fully saturated rings. The summed E-state index contributed by atoms with van der Waals surface area (Å²) in [5, 5.41) is 2.21. The third-order valence-corrected chi connectivity index (χ3v) is 3.76. The first-order valence-corrected chi connectivity index (χ1v) is 5.79. The molecular formula is C8H12BrNS. The summed E-state index contributed by atoms with van der Waals surface area (Å²) in [5.41, 5.74) is 1.27. The van der Waals surface area contributed by atoms with Gasteiger partial charge in [0.05, 0.1) is 10.7 Å². The molecule has 1 nitrogen and oxygen atoms in total. The number of alkyl halides is 1. The van der Waals surface area contributed by atoms with Gasteiger partial charge in [-0.05, 0) is 12.8 Å². The summed E-state index contributed by atoms with van der Waals surface area (Å²) >= 11 is 5.29.